The van der Waals surface area contributed by atoms with Crippen molar-refractivity contribution >= 4 is 7.82 Å². The standard InChI is InChI=1S/C11H23O6P/c1-3-4-5-6-7-8-9-13-16-18(12)15-11(2)10-14-17-18/h11H,3-10H2,1-2H3. The summed E-state index contributed by atoms with van der Waals surface area (Å²) in [6, 6.07) is 0. The van der Waals surface area contributed by atoms with Gasteiger partial charge in [-0.25, -0.2) is 14.3 Å². The smallest absolute Gasteiger partial charge is 0.278 e. The van der Waals surface area contributed by atoms with Gasteiger partial charge in [0.15, 0.2) is 0 Å². The zero-order valence-electron chi connectivity index (χ0n) is 11.1. The molecule has 0 aromatic rings. The van der Waals surface area contributed by atoms with Crippen LogP contribution in [0.5, 0.6) is 0 Å². The average Bonchev–Trinajstić information content (AvgIpc) is 2.32. The van der Waals surface area contributed by atoms with E-state index in [0.717, 1.165) is 12.8 Å². The van der Waals surface area contributed by atoms with Crippen molar-refractivity contribution in [1.82, 2.24) is 0 Å². The summed E-state index contributed by atoms with van der Waals surface area (Å²) in [5.41, 5.74) is 0. The molecule has 0 bridgehead atoms. The molecule has 18 heavy (non-hydrogen) atoms. The van der Waals surface area contributed by atoms with Crippen LogP contribution in [0, 0.1) is 0 Å². The van der Waals surface area contributed by atoms with Crippen molar-refractivity contribution in [3.63, 3.8) is 0 Å². The highest BCUT2D eigenvalue weighted by Gasteiger charge is 2.36. The predicted octanol–water partition coefficient (Wildman–Crippen LogP) is 3.77. The van der Waals surface area contributed by atoms with Crippen molar-refractivity contribution in [2.45, 2.75) is 58.5 Å². The maximum Gasteiger partial charge on any atom is 0.529 e. The molecule has 1 aliphatic rings. The van der Waals surface area contributed by atoms with Gasteiger partial charge in [0.1, 0.15) is 6.61 Å². The third kappa shape index (κ3) is 6.83. The molecule has 0 amide bonds. The first-order valence-electron chi connectivity index (χ1n) is 6.57. The first-order valence-corrected chi connectivity index (χ1v) is 8.03. The van der Waals surface area contributed by atoms with Crippen molar-refractivity contribution in [2.24, 2.45) is 0 Å². The number of rotatable bonds is 9. The summed E-state index contributed by atoms with van der Waals surface area (Å²) in [7, 11) is -3.68. The minimum absolute atomic E-state index is 0.227. The minimum atomic E-state index is -3.68. The van der Waals surface area contributed by atoms with Gasteiger partial charge >= 0.3 is 7.82 Å². The SMILES string of the molecule is CCCCCCCCOOP1(=O)OOCC(C)O1. The molecule has 6 nitrogen and oxygen atoms in total. The Kier molecular flexibility index (Phi) is 8.06. The fourth-order valence-electron chi connectivity index (χ4n) is 1.53. The van der Waals surface area contributed by atoms with E-state index >= 15 is 0 Å². The summed E-state index contributed by atoms with van der Waals surface area (Å²) in [5, 5.41) is 0. The second-order valence-electron chi connectivity index (χ2n) is 4.39. The summed E-state index contributed by atoms with van der Waals surface area (Å²) in [4.78, 5) is 9.46. The first-order chi connectivity index (χ1) is 8.66. The number of hydrogen-bond acceptors (Lipinski definition) is 6. The van der Waals surface area contributed by atoms with Crippen molar-refractivity contribution in [2.75, 3.05) is 13.2 Å². The molecule has 0 saturated carbocycles. The lowest BCUT2D eigenvalue weighted by atomic mass is 10.1. The Morgan fingerprint density at radius 2 is 1.94 bits per heavy atom. The lowest BCUT2D eigenvalue weighted by molar-refractivity contribution is -0.310. The van der Waals surface area contributed by atoms with E-state index in [2.05, 4.69) is 21.2 Å². The van der Waals surface area contributed by atoms with E-state index in [1.165, 1.54) is 25.7 Å². The monoisotopic (exact) mass is 282 g/mol. The molecule has 1 rings (SSSR count). The van der Waals surface area contributed by atoms with Crippen molar-refractivity contribution in [3.8, 4) is 0 Å². The summed E-state index contributed by atoms with van der Waals surface area (Å²) in [6.07, 6.45) is 6.53. The zero-order valence-corrected chi connectivity index (χ0v) is 12.0. The van der Waals surface area contributed by atoms with Crippen LogP contribution in [0.3, 0.4) is 0 Å². The molecule has 108 valence electrons. The van der Waals surface area contributed by atoms with Gasteiger partial charge in [0.2, 0.25) is 0 Å². The maximum atomic E-state index is 11.7. The van der Waals surface area contributed by atoms with Crippen LogP contribution in [-0.2, 0) is 28.2 Å². The Bertz CT molecular complexity index is 260. The maximum absolute atomic E-state index is 11.7. The molecule has 0 spiro atoms. The summed E-state index contributed by atoms with van der Waals surface area (Å²) >= 11 is 0. The van der Waals surface area contributed by atoms with E-state index in [0.29, 0.717) is 6.61 Å². The summed E-state index contributed by atoms with van der Waals surface area (Å²) in [5.74, 6) is 0. The van der Waals surface area contributed by atoms with Crippen LogP contribution in [0.4, 0.5) is 0 Å². The van der Waals surface area contributed by atoms with Gasteiger partial charge in [-0.2, -0.15) is 0 Å². The third-order valence-electron chi connectivity index (χ3n) is 2.48. The van der Waals surface area contributed by atoms with Crippen LogP contribution in [-0.4, -0.2) is 19.3 Å². The molecular formula is C11H23O6P. The number of phosphoric acid groups is 1. The molecule has 2 atom stereocenters. The van der Waals surface area contributed by atoms with Crippen LogP contribution in [0.1, 0.15) is 52.4 Å². The number of hydrogen-bond donors (Lipinski definition) is 0. The molecule has 1 saturated heterocycles. The molecule has 2 unspecified atom stereocenters. The second-order valence-corrected chi connectivity index (χ2v) is 5.79. The third-order valence-corrected chi connectivity index (χ3v) is 3.68. The predicted molar refractivity (Wildman–Crippen MR) is 65.6 cm³/mol. The van der Waals surface area contributed by atoms with Gasteiger partial charge in [0.05, 0.1) is 12.7 Å². The number of unbranched alkanes of at least 4 members (excludes halogenated alkanes) is 5. The van der Waals surface area contributed by atoms with Crippen molar-refractivity contribution in [1.29, 1.82) is 0 Å². The van der Waals surface area contributed by atoms with Crippen LogP contribution in [0.15, 0.2) is 0 Å². The van der Waals surface area contributed by atoms with E-state index < -0.39 is 7.82 Å². The lowest BCUT2D eigenvalue weighted by Gasteiger charge is -2.23. The Hall–Kier alpha value is 0.0300. The molecule has 0 N–H and O–H groups in total. The van der Waals surface area contributed by atoms with E-state index in [9.17, 15) is 4.57 Å². The highest BCUT2D eigenvalue weighted by Crippen LogP contribution is 2.53. The first kappa shape index (κ1) is 16.1. The largest absolute Gasteiger partial charge is 0.529 e. The fraction of sp³-hybridized carbons (Fsp3) is 1.00. The van der Waals surface area contributed by atoms with Gasteiger partial charge in [-0.05, 0) is 13.3 Å². The second kappa shape index (κ2) is 9.02. The topological polar surface area (TPSA) is 63.2 Å². The molecule has 1 aliphatic heterocycles. The molecule has 1 fully saturated rings. The molecule has 0 aromatic carbocycles. The van der Waals surface area contributed by atoms with Crippen LogP contribution >= 0.6 is 7.82 Å². The highest BCUT2D eigenvalue weighted by atomic mass is 31.2. The zero-order chi connectivity index (χ0) is 13.3. The minimum Gasteiger partial charge on any atom is -0.278 e. The van der Waals surface area contributed by atoms with Gasteiger partial charge < -0.3 is 0 Å². The molecule has 7 heteroatoms. The van der Waals surface area contributed by atoms with Crippen LogP contribution in [0.2, 0.25) is 0 Å². The van der Waals surface area contributed by atoms with Crippen molar-refractivity contribution < 1.29 is 28.2 Å². The summed E-state index contributed by atoms with van der Waals surface area (Å²) in [6.45, 7) is 4.50. The molecule has 0 aromatic heterocycles. The molecule has 1 heterocycles. The Balaban J connectivity index is 1.98. The molecular weight excluding hydrogens is 259 g/mol. The Morgan fingerprint density at radius 3 is 2.67 bits per heavy atom. The highest BCUT2D eigenvalue weighted by molar-refractivity contribution is 7.48. The Labute approximate surface area is 108 Å². The van der Waals surface area contributed by atoms with Crippen molar-refractivity contribution in [3.05, 3.63) is 0 Å². The van der Waals surface area contributed by atoms with E-state index in [1.807, 2.05) is 0 Å². The van der Waals surface area contributed by atoms with Gasteiger partial charge in [-0.3, -0.25) is 4.52 Å². The van der Waals surface area contributed by atoms with Crippen LogP contribution in [0.25, 0.3) is 0 Å². The van der Waals surface area contributed by atoms with Gasteiger partial charge in [-0.15, -0.1) is 9.35 Å². The molecule has 0 aliphatic carbocycles. The van der Waals surface area contributed by atoms with E-state index in [4.69, 9.17) is 9.41 Å². The van der Waals surface area contributed by atoms with E-state index in [1.54, 1.807) is 6.92 Å². The fourth-order valence-corrected chi connectivity index (χ4v) is 2.52. The quantitative estimate of drug-likeness (QED) is 0.277. The van der Waals surface area contributed by atoms with Gasteiger partial charge in [0.25, 0.3) is 0 Å². The Morgan fingerprint density at radius 1 is 1.22 bits per heavy atom. The van der Waals surface area contributed by atoms with Crippen LogP contribution < -0.4 is 0 Å². The normalized spacial score (nSPS) is 28.4. The van der Waals surface area contributed by atoms with E-state index in [-0.39, 0.29) is 12.7 Å². The molecule has 0 radical (unpaired) electrons. The van der Waals surface area contributed by atoms with Gasteiger partial charge in [-0.1, -0.05) is 39.0 Å². The lowest BCUT2D eigenvalue weighted by Crippen LogP contribution is -2.22. The average molecular weight is 282 g/mol. The van der Waals surface area contributed by atoms with Gasteiger partial charge in [0, 0.05) is 0 Å². The summed E-state index contributed by atoms with van der Waals surface area (Å²) < 4.78 is 25.8.